The van der Waals surface area contributed by atoms with Crippen molar-refractivity contribution in [3.8, 4) is 0 Å². The maximum absolute atomic E-state index is 5.21. The molecule has 0 saturated heterocycles. The first-order valence-electron chi connectivity index (χ1n) is 14.5. The molecular weight excluding hydrogens is 606 g/mol. The summed E-state index contributed by atoms with van der Waals surface area (Å²) >= 11 is 3.83. The van der Waals surface area contributed by atoms with Gasteiger partial charge in [0.15, 0.2) is 0 Å². The summed E-state index contributed by atoms with van der Waals surface area (Å²) in [5.41, 5.74) is 2.15. The van der Waals surface area contributed by atoms with Crippen LogP contribution in [-0.4, -0.2) is 24.5 Å². The van der Waals surface area contributed by atoms with Gasteiger partial charge >= 0.3 is 257 Å². The molecule has 43 heavy (non-hydrogen) atoms. The molecule has 0 spiro atoms. The second kappa shape index (κ2) is 9.49. The Balaban J connectivity index is 1.40. The molecule has 4 heteroatoms. The van der Waals surface area contributed by atoms with E-state index in [9.17, 15) is 0 Å². The van der Waals surface area contributed by atoms with Crippen LogP contribution in [0.15, 0.2) is 152 Å². The first-order valence-corrected chi connectivity index (χ1v) is 18.5. The molecule has 0 aliphatic heterocycles. The van der Waals surface area contributed by atoms with Gasteiger partial charge in [-0.3, -0.25) is 0 Å². The molecule has 0 saturated carbocycles. The number of para-hydroxylation sites is 3. The molecule has 2 nitrogen and oxygen atoms in total. The Morgan fingerprint density at radius 1 is 0.442 bits per heavy atom. The Labute approximate surface area is 256 Å². The van der Waals surface area contributed by atoms with E-state index in [0.717, 1.165) is 16.7 Å². The summed E-state index contributed by atoms with van der Waals surface area (Å²) in [6.45, 7) is 0. The molecule has 0 N–H and O–H groups in total. The summed E-state index contributed by atoms with van der Waals surface area (Å²) in [6.07, 6.45) is 0. The zero-order valence-corrected chi connectivity index (χ0v) is 25.8. The van der Waals surface area contributed by atoms with E-state index in [1.54, 1.807) is 0 Å². The summed E-state index contributed by atoms with van der Waals surface area (Å²) in [6, 6.07) is 55.5. The average molecular weight is 632 g/mol. The van der Waals surface area contributed by atoms with E-state index >= 15 is 0 Å². The SMILES string of the molecule is [Se]=P(c1ccc2ccccc2c1)(c1ccc2ccccc2c1)c1ccc2c3ccccc3n3c4ccccc4nc3c2c1. The minimum absolute atomic E-state index is 1.00. The molecule has 0 aliphatic rings. The van der Waals surface area contributed by atoms with Crippen LogP contribution in [0.5, 0.6) is 0 Å². The summed E-state index contributed by atoms with van der Waals surface area (Å²) in [4.78, 5) is 5.21. The van der Waals surface area contributed by atoms with Crippen LogP contribution in [-0.2, 0) is 0 Å². The summed E-state index contributed by atoms with van der Waals surface area (Å²) in [7, 11) is 0. The number of nitrogens with zero attached hydrogens (tertiary/aromatic N) is 2. The van der Waals surface area contributed by atoms with Crippen LogP contribution in [0.25, 0.3) is 59.9 Å². The standard InChI is InChI=1S/C39H25N2PSe/c43-42(30-19-17-26-9-1-3-11-28(26)23-30,31-20-18-27-10-2-4-12-29(27)24-31)32-21-22-33-34-13-5-7-15-37(34)41-38-16-8-6-14-36(38)40-39(41)35(33)25-32/h1-25H. The number of hydrogen-bond acceptors (Lipinski definition) is 1. The average Bonchev–Trinajstić information content (AvgIpc) is 3.47. The van der Waals surface area contributed by atoms with Gasteiger partial charge in [0.2, 0.25) is 0 Å². The first kappa shape index (κ1) is 25.0. The van der Waals surface area contributed by atoms with Gasteiger partial charge in [0.1, 0.15) is 0 Å². The van der Waals surface area contributed by atoms with Gasteiger partial charge in [-0.25, -0.2) is 0 Å². The van der Waals surface area contributed by atoms with Gasteiger partial charge in [0.25, 0.3) is 0 Å². The van der Waals surface area contributed by atoms with Crippen molar-refractivity contribution in [3.05, 3.63) is 152 Å². The minimum atomic E-state index is -2.17. The van der Waals surface area contributed by atoms with Crippen molar-refractivity contribution in [2.45, 2.75) is 0 Å². The van der Waals surface area contributed by atoms with Gasteiger partial charge < -0.3 is 0 Å². The van der Waals surface area contributed by atoms with Crippen LogP contribution in [0.4, 0.5) is 0 Å². The summed E-state index contributed by atoms with van der Waals surface area (Å²) in [5, 5.41) is 12.6. The van der Waals surface area contributed by atoms with Crippen molar-refractivity contribution < 1.29 is 0 Å². The second-order valence-electron chi connectivity index (χ2n) is 11.2. The number of aromatic nitrogens is 2. The fourth-order valence-corrected chi connectivity index (χ4v) is 11.5. The van der Waals surface area contributed by atoms with E-state index in [-0.39, 0.29) is 0 Å². The van der Waals surface area contributed by atoms with E-state index in [4.69, 9.17) is 4.98 Å². The third-order valence-corrected chi connectivity index (χ3v) is 15.8. The Bertz CT molecular complexity index is 2530. The van der Waals surface area contributed by atoms with Gasteiger partial charge in [-0.15, -0.1) is 0 Å². The molecule has 2 aromatic heterocycles. The molecular formula is C39H25N2PSe. The zero-order chi connectivity index (χ0) is 28.5. The number of benzene rings is 7. The third-order valence-electron chi connectivity index (χ3n) is 8.80. The normalized spacial score (nSPS) is 12.3. The number of hydrogen-bond donors (Lipinski definition) is 0. The van der Waals surface area contributed by atoms with E-state index in [1.807, 2.05) is 0 Å². The molecule has 0 unspecified atom stereocenters. The Kier molecular flexibility index (Phi) is 5.52. The molecule has 2 heterocycles. The fraction of sp³-hybridized carbons (Fsp3) is 0. The fourth-order valence-electron chi connectivity index (χ4n) is 6.69. The number of rotatable bonds is 3. The Morgan fingerprint density at radius 2 is 0.977 bits per heavy atom. The quantitative estimate of drug-likeness (QED) is 0.109. The van der Waals surface area contributed by atoms with Crippen LogP contribution in [0, 0.1) is 0 Å². The van der Waals surface area contributed by atoms with Gasteiger partial charge in [-0.1, -0.05) is 0 Å². The molecule has 0 bridgehead atoms. The molecule has 9 rings (SSSR count). The molecule has 0 aliphatic carbocycles. The van der Waals surface area contributed by atoms with Crippen molar-refractivity contribution >= 4 is 96.4 Å². The predicted molar refractivity (Wildman–Crippen MR) is 187 cm³/mol. The van der Waals surface area contributed by atoms with E-state index in [1.165, 1.54) is 59.1 Å². The van der Waals surface area contributed by atoms with Crippen LogP contribution in [0.1, 0.15) is 0 Å². The third kappa shape index (κ3) is 3.73. The van der Waals surface area contributed by atoms with Gasteiger partial charge in [0.05, 0.1) is 0 Å². The molecule has 9 aromatic rings. The van der Waals surface area contributed by atoms with E-state index in [2.05, 4.69) is 171 Å². The molecule has 0 atom stereocenters. The van der Waals surface area contributed by atoms with Crippen LogP contribution in [0.2, 0.25) is 0 Å². The first-order chi connectivity index (χ1) is 21.2. The van der Waals surface area contributed by atoms with Crippen molar-refractivity contribution in [1.29, 1.82) is 0 Å². The zero-order valence-electron chi connectivity index (χ0n) is 23.2. The summed E-state index contributed by atoms with van der Waals surface area (Å²) in [5.74, 6) is 0. The maximum atomic E-state index is 5.21. The number of imidazole rings is 1. The molecule has 7 aromatic carbocycles. The summed E-state index contributed by atoms with van der Waals surface area (Å²) < 4.78 is 2.34. The van der Waals surface area contributed by atoms with Crippen molar-refractivity contribution in [3.63, 3.8) is 0 Å². The molecule has 0 fully saturated rings. The van der Waals surface area contributed by atoms with Crippen LogP contribution in [0.3, 0.4) is 0 Å². The van der Waals surface area contributed by atoms with Crippen LogP contribution >= 0.6 is 5.51 Å². The molecule has 0 radical (unpaired) electrons. The number of fused-ring (bicyclic) bond motifs is 10. The van der Waals surface area contributed by atoms with Crippen molar-refractivity contribution in [2.24, 2.45) is 0 Å². The van der Waals surface area contributed by atoms with Gasteiger partial charge in [0, 0.05) is 0 Å². The molecule has 0 amide bonds. The Morgan fingerprint density at radius 3 is 1.67 bits per heavy atom. The van der Waals surface area contributed by atoms with Crippen LogP contribution < -0.4 is 15.9 Å². The van der Waals surface area contributed by atoms with Crippen molar-refractivity contribution in [1.82, 2.24) is 9.38 Å². The van der Waals surface area contributed by atoms with Gasteiger partial charge in [-0.05, 0) is 0 Å². The topological polar surface area (TPSA) is 17.3 Å². The van der Waals surface area contributed by atoms with Gasteiger partial charge in [-0.2, -0.15) is 0 Å². The van der Waals surface area contributed by atoms with E-state index in [0.29, 0.717) is 0 Å². The predicted octanol–water partition coefficient (Wildman–Crippen LogP) is 8.48. The second-order valence-corrected chi connectivity index (χ2v) is 17.4. The van der Waals surface area contributed by atoms with E-state index < -0.39 is 5.51 Å². The van der Waals surface area contributed by atoms with Crippen molar-refractivity contribution in [2.75, 3.05) is 0 Å². The monoisotopic (exact) mass is 632 g/mol. The molecule has 202 valence electrons. The number of pyridine rings is 1. The Hall–Kier alpha value is -4.52.